The van der Waals surface area contributed by atoms with Gasteiger partial charge < -0.3 is 5.73 Å². The summed E-state index contributed by atoms with van der Waals surface area (Å²) in [5.41, 5.74) is 9.92. The number of hydrogen-bond donors (Lipinski definition) is 1. The number of hydrogen-bond acceptors (Lipinski definition) is 2. The molecule has 3 heteroatoms. The lowest BCUT2D eigenvalue weighted by Gasteiger charge is -2.00. The van der Waals surface area contributed by atoms with E-state index in [2.05, 4.69) is 31.1 Å². The highest BCUT2D eigenvalue weighted by Gasteiger charge is 2.07. The fraction of sp³-hybridized carbons (Fsp3) is 0.308. The van der Waals surface area contributed by atoms with Crippen LogP contribution in [0.4, 0.5) is 5.69 Å². The van der Waals surface area contributed by atoms with Crippen LogP contribution in [0.15, 0.2) is 30.5 Å². The van der Waals surface area contributed by atoms with Crippen LogP contribution < -0.4 is 5.73 Å². The van der Waals surface area contributed by atoms with E-state index in [1.807, 2.05) is 23.0 Å². The van der Waals surface area contributed by atoms with Crippen molar-refractivity contribution in [2.24, 2.45) is 0 Å². The van der Waals surface area contributed by atoms with Crippen molar-refractivity contribution in [1.82, 2.24) is 9.78 Å². The van der Waals surface area contributed by atoms with Crippen LogP contribution in [0.1, 0.15) is 18.9 Å². The number of nitrogens with two attached hydrogens (primary N) is 1. The zero-order valence-corrected chi connectivity index (χ0v) is 9.77. The molecule has 0 unspecified atom stereocenters. The summed E-state index contributed by atoms with van der Waals surface area (Å²) in [6, 6.07) is 8.25. The molecule has 0 radical (unpaired) electrons. The zero-order chi connectivity index (χ0) is 11.5. The van der Waals surface area contributed by atoms with Crippen LogP contribution in [0.3, 0.4) is 0 Å². The Hall–Kier alpha value is -1.77. The maximum Gasteiger partial charge on any atom is 0.115 e. The normalized spacial score (nSPS) is 10.6. The number of aromatic nitrogens is 2. The van der Waals surface area contributed by atoms with E-state index >= 15 is 0 Å². The van der Waals surface area contributed by atoms with Crippen LogP contribution in [0, 0.1) is 6.92 Å². The van der Waals surface area contributed by atoms with Gasteiger partial charge in [0, 0.05) is 18.3 Å². The molecule has 0 saturated heterocycles. The van der Waals surface area contributed by atoms with E-state index in [0.29, 0.717) is 0 Å². The fourth-order valence-electron chi connectivity index (χ4n) is 1.80. The molecule has 0 spiro atoms. The molecule has 0 saturated carbocycles. The monoisotopic (exact) mass is 215 g/mol. The molecule has 1 aromatic heterocycles. The summed E-state index contributed by atoms with van der Waals surface area (Å²) >= 11 is 0. The lowest BCUT2D eigenvalue weighted by molar-refractivity contribution is 0.605. The number of anilines is 1. The third-order valence-electron chi connectivity index (χ3n) is 2.53. The molecule has 0 aliphatic heterocycles. The molecule has 0 amide bonds. The van der Waals surface area contributed by atoms with Gasteiger partial charge in [-0.15, -0.1) is 0 Å². The van der Waals surface area contributed by atoms with Gasteiger partial charge in [-0.2, -0.15) is 5.10 Å². The third kappa shape index (κ3) is 2.08. The van der Waals surface area contributed by atoms with Crippen molar-refractivity contribution in [2.75, 3.05) is 5.73 Å². The Balaban J connectivity index is 2.40. The highest BCUT2D eigenvalue weighted by molar-refractivity contribution is 5.72. The van der Waals surface area contributed by atoms with E-state index in [1.54, 1.807) is 0 Å². The first-order valence-electron chi connectivity index (χ1n) is 5.60. The summed E-state index contributed by atoms with van der Waals surface area (Å²) in [5, 5.41) is 4.50. The third-order valence-corrected chi connectivity index (χ3v) is 2.53. The van der Waals surface area contributed by atoms with E-state index in [4.69, 9.17) is 5.73 Å². The first kappa shape index (κ1) is 10.7. The molecule has 84 valence electrons. The smallest absolute Gasteiger partial charge is 0.115 e. The minimum absolute atomic E-state index is 0.749. The number of nitrogens with zero attached hydrogens (tertiary/aromatic N) is 2. The summed E-state index contributed by atoms with van der Waals surface area (Å²) in [4.78, 5) is 0. The molecule has 1 aromatic carbocycles. The lowest BCUT2D eigenvalue weighted by atomic mass is 10.1. The molecule has 0 atom stereocenters. The molecule has 3 nitrogen and oxygen atoms in total. The topological polar surface area (TPSA) is 43.8 Å². The van der Waals surface area contributed by atoms with Crippen LogP contribution in [0.5, 0.6) is 0 Å². The average molecular weight is 215 g/mol. The molecule has 2 rings (SSSR count). The van der Waals surface area contributed by atoms with E-state index in [1.165, 1.54) is 5.56 Å². The average Bonchev–Trinajstić information content (AvgIpc) is 2.60. The fourth-order valence-corrected chi connectivity index (χ4v) is 1.80. The number of rotatable bonds is 3. The number of nitrogen functional groups attached to an aromatic ring is 1. The predicted molar refractivity (Wildman–Crippen MR) is 67.1 cm³/mol. The van der Waals surface area contributed by atoms with Crippen LogP contribution >= 0.6 is 0 Å². The summed E-state index contributed by atoms with van der Waals surface area (Å²) in [5.74, 6) is 0. The molecule has 2 aromatic rings. The molecular formula is C13H17N3. The second-order valence-electron chi connectivity index (χ2n) is 4.07. The Morgan fingerprint density at radius 3 is 2.88 bits per heavy atom. The Labute approximate surface area is 95.9 Å². The second kappa shape index (κ2) is 4.39. The summed E-state index contributed by atoms with van der Waals surface area (Å²) in [7, 11) is 0. The Morgan fingerprint density at radius 1 is 1.38 bits per heavy atom. The van der Waals surface area contributed by atoms with Crippen LogP contribution in [0.25, 0.3) is 11.3 Å². The lowest BCUT2D eigenvalue weighted by Crippen LogP contribution is -1.96. The van der Waals surface area contributed by atoms with E-state index in [9.17, 15) is 0 Å². The molecule has 0 bridgehead atoms. The first-order chi connectivity index (χ1) is 7.70. The van der Waals surface area contributed by atoms with Gasteiger partial charge in [0.25, 0.3) is 0 Å². The minimum Gasteiger partial charge on any atom is -0.396 e. The van der Waals surface area contributed by atoms with Gasteiger partial charge in [0.2, 0.25) is 0 Å². The highest BCUT2D eigenvalue weighted by atomic mass is 15.3. The highest BCUT2D eigenvalue weighted by Crippen LogP contribution is 2.24. The van der Waals surface area contributed by atoms with Gasteiger partial charge in [-0.25, -0.2) is 0 Å². The van der Waals surface area contributed by atoms with Gasteiger partial charge in [-0.05, 0) is 19.4 Å². The van der Waals surface area contributed by atoms with Crippen LogP contribution in [0.2, 0.25) is 0 Å². The summed E-state index contributed by atoms with van der Waals surface area (Å²) < 4.78 is 1.91. The predicted octanol–water partition coefficient (Wildman–Crippen LogP) is 2.85. The first-order valence-corrected chi connectivity index (χ1v) is 5.60. The SMILES string of the molecule is CCCn1cc(N)c(-c2cccc(C)c2)n1. The van der Waals surface area contributed by atoms with E-state index in [0.717, 1.165) is 29.9 Å². The minimum atomic E-state index is 0.749. The van der Waals surface area contributed by atoms with Crippen molar-refractivity contribution in [2.45, 2.75) is 26.8 Å². The van der Waals surface area contributed by atoms with Crippen molar-refractivity contribution in [3.8, 4) is 11.3 Å². The van der Waals surface area contributed by atoms with E-state index in [-0.39, 0.29) is 0 Å². The second-order valence-corrected chi connectivity index (χ2v) is 4.07. The van der Waals surface area contributed by atoms with Crippen molar-refractivity contribution < 1.29 is 0 Å². The number of aryl methyl sites for hydroxylation is 2. The van der Waals surface area contributed by atoms with Crippen molar-refractivity contribution in [3.05, 3.63) is 36.0 Å². The van der Waals surface area contributed by atoms with Gasteiger partial charge in [-0.1, -0.05) is 30.7 Å². The van der Waals surface area contributed by atoms with Crippen molar-refractivity contribution >= 4 is 5.69 Å². The van der Waals surface area contributed by atoms with Crippen molar-refractivity contribution in [3.63, 3.8) is 0 Å². The van der Waals surface area contributed by atoms with Gasteiger partial charge >= 0.3 is 0 Å². The van der Waals surface area contributed by atoms with Crippen LogP contribution in [-0.4, -0.2) is 9.78 Å². The molecule has 2 N–H and O–H groups in total. The Morgan fingerprint density at radius 2 is 2.19 bits per heavy atom. The quantitative estimate of drug-likeness (QED) is 0.855. The van der Waals surface area contributed by atoms with Gasteiger partial charge in [-0.3, -0.25) is 4.68 Å². The van der Waals surface area contributed by atoms with Crippen molar-refractivity contribution in [1.29, 1.82) is 0 Å². The molecule has 1 heterocycles. The molecule has 0 aliphatic rings. The molecule has 0 aliphatic carbocycles. The molecular weight excluding hydrogens is 198 g/mol. The largest absolute Gasteiger partial charge is 0.396 e. The summed E-state index contributed by atoms with van der Waals surface area (Å²) in [6.45, 7) is 5.11. The van der Waals surface area contributed by atoms with Gasteiger partial charge in [0.1, 0.15) is 5.69 Å². The maximum atomic E-state index is 5.97. The Bertz CT molecular complexity index is 486. The van der Waals surface area contributed by atoms with Gasteiger partial charge in [0.05, 0.1) is 5.69 Å². The molecule has 0 fully saturated rings. The van der Waals surface area contributed by atoms with Crippen LogP contribution in [-0.2, 0) is 6.54 Å². The standard InChI is InChI=1S/C13H17N3/c1-3-7-16-9-12(14)13(15-16)11-6-4-5-10(2)8-11/h4-6,8-9H,3,7,14H2,1-2H3. The zero-order valence-electron chi connectivity index (χ0n) is 9.77. The summed E-state index contributed by atoms with van der Waals surface area (Å²) in [6.07, 6.45) is 2.97. The molecule has 16 heavy (non-hydrogen) atoms. The maximum absolute atomic E-state index is 5.97. The Kier molecular flexibility index (Phi) is 2.95. The number of benzene rings is 1. The van der Waals surface area contributed by atoms with Gasteiger partial charge in [0.15, 0.2) is 0 Å². The van der Waals surface area contributed by atoms with E-state index < -0.39 is 0 Å².